The molecule has 2 rings (SSSR count). The van der Waals surface area contributed by atoms with Gasteiger partial charge < -0.3 is 14.8 Å². The lowest BCUT2D eigenvalue weighted by Crippen LogP contribution is -2.42. The average Bonchev–Trinajstić information content (AvgIpc) is 2.27. The van der Waals surface area contributed by atoms with Gasteiger partial charge in [-0.05, 0) is 12.1 Å². The quantitative estimate of drug-likeness (QED) is 0.709. The van der Waals surface area contributed by atoms with E-state index < -0.39 is 6.10 Å². The van der Waals surface area contributed by atoms with Crippen LogP contribution in [-0.2, 0) is 4.79 Å². The van der Waals surface area contributed by atoms with E-state index in [1.54, 1.807) is 13.1 Å². The smallest absolute Gasteiger partial charge is 0.264 e. The summed E-state index contributed by atoms with van der Waals surface area (Å²) in [6.45, 7) is 0.261. The lowest BCUT2D eigenvalue weighted by molar-refractivity contribution is -0.129. The van der Waals surface area contributed by atoms with Crippen LogP contribution in [0, 0.1) is 0 Å². The Bertz CT molecular complexity index is 351. The Kier molecular flexibility index (Phi) is 2.26. The molecule has 4 heteroatoms. The van der Waals surface area contributed by atoms with E-state index in [1.807, 2.05) is 18.2 Å². The molecule has 0 fully saturated rings. The first-order chi connectivity index (χ1) is 6.81. The minimum Gasteiger partial charge on any atom is -0.485 e. The molecule has 1 aliphatic rings. The molecule has 4 nitrogen and oxygen atoms in total. The van der Waals surface area contributed by atoms with E-state index in [2.05, 4.69) is 5.32 Å². The Morgan fingerprint density at radius 2 is 2.14 bits per heavy atom. The number of nitrogens with one attached hydrogen (secondary N) is 1. The number of ether oxygens (including phenoxy) is 2. The van der Waals surface area contributed by atoms with Gasteiger partial charge in [0.1, 0.15) is 6.61 Å². The Labute approximate surface area is 81.8 Å². The van der Waals surface area contributed by atoms with E-state index in [4.69, 9.17) is 9.47 Å². The summed E-state index contributed by atoms with van der Waals surface area (Å²) in [6, 6.07) is 7.30. The van der Waals surface area contributed by atoms with Crippen molar-refractivity contribution in [1.82, 2.24) is 5.32 Å². The monoisotopic (exact) mass is 193 g/mol. The molecule has 14 heavy (non-hydrogen) atoms. The van der Waals surface area contributed by atoms with Crippen molar-refractivity contribution in [2.24, 2.45) is 0 Å². The van der Waals surface area contributed by atoms with Crippen molar-refractivity contribution < 1.29 is 14.3 Å². The second-order valence-corrected chi connectivity index (χ2v) is 2.98. The van der Waals surface area contributed by atoms with Gasteiger partial charge in [-0.3, -0.25) is 4.79 Å². The highest BCUT2D eigenvalue weighted by Gasteiger charge is 2.25. The van der Waals surface area contributed by atoms with Gasteiger partial charge in [-0.2, -0.15) is 0 Å². The van der Waals surface area contributed by atoms with E-state index in [9.17, 15) is 4.79 Å². The maximum Gasteiger partial charge on any atom is 0.264 e. The third-order valence-electron chi connectivity index (χ3n) is 2.05. The maximum absolute atomic E-state index is 11.3. The van der Waals surface area contributed by atoms with Gasteiger partial charge in [0.05, 0.1) is 0 Å². The average molecular weight is 193 g/mol. The Hall–Kier alpha value is -1.71. The molecule has 1 aromatic carbocycles. The molecule has 0 saturated carbocycles. The molecule has 0 bridgehead atoms. The fourth-order valence-corrected chi connectivity index (χ4v) is 1.31. The van der Waals surface area contributed by atoms with Crippen LogP contribution >= 0.6 is 0 Å². The SMILES string of the molecule is CNC(=O)C1COc2ccccc2O1. The molecule has 1 aliphatic heterocycles. The number of amides is 1. The summed E-state index contributed by atoms with van der Waals surface area (Å²) in [5.41, 5.74) is 0. The largest absolute Gasteiger partial charge is 0.485 e. The molecule has 1 unspecified atom stereocenters. The lowest BCUT2D eigenvalue weighted by atomic mass is 10.2. The van der Waals surface area contributed by atoms with Crippen LogP contribution in [0.25, 0.3) is 0 Å². The zero-order valence-electron chi connectivity index (χ0n) is 7.82. The zero-order chi connectivity index (χ0) is 9.97. The molecule has 1 amide bonds. The number of rotatable bonds is 1. The molecule has 0 spiro atoms. The summed E-state index contributed by atoms with van der Waals surface area (Å²) in [6.07, 6.45) is -0.546. The van der Waals surface area contributed by atoms with Crippen LogP contribution in [0.15, 0.2) is 24.3 Å². The zero-order valence-corrected chi connectivity index (χ0v) is 7.82. The van der Waals surface area contributed by atoms with Gasteiger partial charge in [-0.15, -0.1) is 0 Å². The van der Waals surface area contributed by atoms with Gasteiger partial charge >= 0.3 is 0 Å². The molecule has 0 aliphatic carbocycles. The highest BCUT2D eigenvalue weighted by Crippen LogP contribution is 2.30. The van der Waals surface area contributed by atoms with Crippen molar-refractivity contribution in [3.05, 3.63) is 24.3 Å². The number of carbonyl (C=O) groups is 1. The van der Waals surface area contributed by atoms with Crippen molar-refractivity contribution in [1.29, 1.82) is 0 Å². The topological polar surface area (TPSA) is 47.6 Å². The molecular weight excluding hydrogens is 182 g/mol. The number of benzene rings is 1. The van der Waals surface area contributed by atoms with Crippen LogP contribution in [-0.4, -0.2) is 25.7 Å². The van der Waals surface area contributed by atoms with Gasteiger partial charge in [0.2, 0.25) is 6.10 Å². The van der Waals surface area contributed by atoms with Crippen molar-refractivity contribution >= 4 is 5.91 Å². The molecule has 1 N–H and O–H groups in total. The number of likely N-dealkylation sites (N-methyl/N-ethyl adjacent to an activating group) is 1. The van der Waals surface area contributed by atoms with Crippen LogP contribution in [0.3, 0.4) is 0 Å². The highest BCUT2D eigenvalue weighted by atomic mass is 16.6. The summed E-state index contributed by atoms with van der Waals surface area (Å²) in [4.78, 5) is 11.3. The van der Waals surface area contributed by atoms with Gasteiger partial charge in [0, 0.05) is 7.05 Å². The normalized spacial score (nSPS) is 18.8. The highest BCUT2D eigenvalue weighted by molar-refractivity contribution is 5.81. The van der Waals surface area contributed by atoms with E-state index in [0.717, 1.165) is 0 Å². The van der Waals surface area contributed by atoms with Gasteiger partial charge in [-0.25, -0.2) is 0 Å². The Balaban J connectivity index is 2.17. The van der Waals surface area contributed by atoms with Crippen LogP contribution in [0.4, 0.5) is 0 Å². The van der Waals surface area contributed by atoms with Crippen molar-refractivity contribution in [3.63, 3.8) is 0 Å². The summed E-state index contributed by atoms with van der Waals surface area (Å²) in [5, 5.41) is 2.52. The predicted octanol–water partition coefficient (Wildman–Crippen LogP) is 0.572. The first kappa shape index (κ1) is 8.87. The summed E-state index contributed by atoms with van der Waals surface area (Å²) < 4.78 is 10.8. The summed E-state index contributed by atoms with van der Waals surface area (Å²) in [5.74, 6) is 1.14. The van der Waals surface area contributed by atoms with Crippen molar-refractivity contribution in [2.45, 2.75) is 6.10 Å². The van der Waals surface area contributed by atoms with Crippen LogP contribution in [0.2, 0.25) is 0 Å². The van der Waals surface area contributed by atoms with E-state index >= 15 is 0 Å². The van der Waals surface area contributed by atoms with Gasteiger partial charge in [0.15, 0.2) is 11.5 Å². The van der Waals surface area contributed by atoms with Crippen molar-refractivity contribution in [3.8, 4) is 11.5 Å². The molecular formula is C10H11NO3. The third kappa shape index (κ3) is 1.51. The Morgan fingerprint density at radius 1 is 1.43 bits per heavy atom. The molecule has 1 atom stereocenters. The van der Waals surface area contributed by atoms with E-state index in [1.165, 1.54) is 0 Å². The number of hydrogen-bond donors (Lipinski definition) is 1. The number of fused-ring (bicyclic) bond motifs is 1. The predicted molar refractivity (Wildman–Crippen MR) is 50.4 cm³/mol. The standard InChI is InChI=1S/C10H11NO3/c1-11-10(12)9-6-13-7-4-2-3-5-8(7)14-9/h2-5,9H,6H2,1H3,(H,11,12). The molecule has 0 saturated heterocycles. The number of carbonyl (C=O) groups excluding carboxylic acids is 1. The van der Waals surface area contributed by atoms with E-state index in [-0.39, 0.29) is 12.5 Å². The minimum absolute atomic E-state index is 0.167. The molecule has 1 heterocycles. The second-order valence-electron chi connectivity index (χ2n) is 2.98. The van der Waals surface area contributed by atoms with Crippen molar-refractivity contribution in [2.75, 3.05) is 13.7 Å². The molecule has 1 aromatic rings. The molecule has 0 radical (unpaired) electrons. The lowest BCUT2D eigenvalue weighted by Gasteiger charge is -2.24. The summed E-state index contributed by atoms with van der Waals surface area (Å²) >= 11 is 0. The molecule has 74 valence electrons. The second kappa shape index (κ2) is 3.57. The fourth-order valence-electron chi connectivity index (χ4n) is 1.31. The number of para-hydroxylation sites is 2. The van der Waals surface area contributed by atoms with Crippen LogP contribution < -0.4 is 14.8 Å². The Morgan fingerprint density at radius 3 is 2.86 bits per heavy atom. The summed E-state index contributed by atoms with van der Waals surface area (Å²) in [7, 11) is 1.58. The molecule has 0 aromatic heterocycles. The number of hydrogen-bond acceptors (Lipinski definition) is 3. The van der Waals surface area contributed by atoms with Gasteiger partial charge in [0.25, 0.3) is 5.91 Å². The first-order valence-electron chi connectivity index (χ1n) is 4.41. The fraction of sp³-hybridized carbons (Fsp3) is 0.300. The first-order valence-corrected chi connectivity index (χ1v) is 4.41. The van der Waals surface area contributed by atoms with E-state index in [0.29, 0.717) is 11.5 Å². The maximum atomic E-state index is 11.3. The third-order valence-corrected chi connectivity index (χ3v) is 2.05. The van der Waals surface area contributed by atoms with Crippen LogP contribution in [0.1, 0.15) is 0 Å². The van der Waals surface area contributed by atoms with Crippen LogP contribution in [0.5, 0.6) is 11.5 Å². The minimum atomic E-state index is -0.546. The van der Waals surface area contributed by atoms with Gasteiger partial charge in [-0.1, -0.05) is 12.1 Å².